The second-order valence-corrected chi connectivity index (χ2v) is 9.16. The van der Waals surface area contributed by atoms with Crippen LogP contribution in [0.25, 0.3) is 0 Å². The van der Waals surface area contributed by atoms with Gasteiger partial charge in [-0.05, 0) is 74.2 Å². The van der Waals surface area contributed by atoms with Gasteiger partial charge in [-0.1, -0.05) is 35.4 Å². The van der Waals surface area contributed by atoms with Gasteiger partial charge < -0.3 is 25.0 Å². The van der Waals surface area contributed by atoms with Gasteiger partial charge in [0.2, 0.25) is 0 Å². The van der Waals surface area contributed by atoms with E-state index in [1.165, 1.54) is 19.3 Å². The molecule has 0 aliphatic carbocycles. The minimum atomic E-state index is -0.230. The fraction of sp³-hybridized carbons (Fsp3) is 0.321. The van der Waals surface area contributed by atoms with Gasteiger partial charge in [-0.25, -0.2) is 0 Å². The number of rotatable bonds is 9. The molecule has 3 aromatic carbocycles. The highest BCUT2D eigenvalue weighted by molar-refractivity contribution is 6.33. The summed E-state index contributed by atoms with van der Waals surface area (Å²) in [7, 11) is 1.59. The number of carbonyl (C=O) groups is 1. The van der Waals surface area contributed by atoms with Crippen LogP contribution in [0.4, 0.5) is 17.1 Å². The zero-order valence-electron chi connectivity index (χ0n) is 20.3. The van der Waals surface area contributed by atoms with E-state index in [0.717, 1.165) is 46.3 Å². The Hall–Kier alpha value is -3.38. The number of piperidine rings is 1. The Morgan fingerprint density at radius 3 is 2.40 bits per heavy atom. The van der Waals surface area contributed by atoms with Crippen LogP contribution in [-0.2, 0) is 11.3 Å². The molecule has 0 aromatic heterocycles. The molecular formula is C28H32ClN3O3. The zero-order valence-corrected chi connectivity index (χ0v) is 21.0. The van der Waals surface area contributed by atoms with Crippen LogP contribution in [-0.4, -0.2) is 32.7 Å². The van der Waals surface area contributed by atoms with Crippen LogP contribution < -0.4 is 25.0 Å². The number of halogens is 1. The molecule has 0 radical (unpaired) electrons. The third kappa shape index (κ3) is 6.83. The number of amides is 1. The first-order chi connectivity index (χ1) is 17.0. The van der Waals surface area contributed by atoms with E-state index in [-0.39, 0.29) is 12.5 Å². The van der Waals surface area contributed by atoms with Crippen molar-refractivity contribution >= 4 is 34.6 Å². The summed E-state index contributed by atoms with van der Waals surface area (Å²) in [4.78, 5) is 14.6. The average molecular weight is 494 g/mol. The predicted octanol–water partition coefficient (Wildman–Crippen LogP) is 6.28. The van der Waals surface area contributed by atoms with Crippen molar-refractivity contribution in [1.29, 1.82) is 0 Å². The SMILES string of the molecule is COc1cc(CNc2ccc(N3CCCCC3)c(Cl)c2)ccc1OCC(=O)Nc1ccc(C)cc1. The number of methoxy groups -OCH3 is 1. The molecule has 1 amide bonds. The van der Waals surface area contributed by atoms with E-state index < -0.39 is 0 Å². The Morgan fingerprint density at radius 1 is 0.943 bits per heavy atom. The maximum atomic E-state index is 12.2. The van der Waals surface area contributed by atoms with Gasteiger partial charge in [-0.3, -0.25) is 4.79 Å². The Morgan fingerprint density at radius 2 is 1.69 bits per heavy atom. The van der Waals surface area contributed by atoms with Gasteiger partial charge in [-0.15, -0.1) is 0 Å². The Balaban J connectivity index is 1.32. The number of hydrogen-bond acceptors (Lipinski definition) is 5. The fourth-order valence-corrected chi connectivity index (χ4v) is 4.43. The van der Waals surface area contributed by atoms with Crippen molar-refractivity contribution in [2.75, 3.05) is 42.3 Å². The highest BCUT2D eigenvalue weighted by Gasteiger charge is 2.14. The first-order valence-corrected chi connectivity index (χ1v) is 12.3. The normalized spacial score (nSPS) is 13.3. The summed E-state index contributed by atoms with van der Waals surface area (Å²) in [5.74, 6) is 0.863. The second kappa shape index (κ2) is 11.8. The van der Waals surface area contributed by atoms with Crippen molar-refractivity contribution in [3.05, 3.63) is 76.8 Å². The number of hydrogen-bond donors (Lipinski definition) is 2. The number of carbonyl (C=O) groups excluding carboxylic acids is 1. The molecule has 6 nitrogen and oxygen atoms in total. The van der Waals surface area contributed by atoms with Crippen LogP contribution >= 0.6 is 11.6 Å². The van der Waals surface area contributed by atoms with Crippen LogP contribution in [0.15, 0.2) is 60.7 Å². The lowest BCUT2D eigenvalue weighted by molar-refractivity contribution is -0.118. The molecule has 1 saturated heterocycles. The molecule has 2 N–H and O–H groups in total. The molecule has 184 valence electrons. The summed E-state index contributed by atoms with van der Waals surface area (Å²) >= 11 is 6.58. The van der Waals surface area contributed by atoms with E-state index in [1.807, 2.05) is 55.5 Å². The summed E-state index contributed by atoms with van der Waals surface area (Å²) < 4.78 is 11.2. The molecule has 1 aliphatic rings. The van der Waals surface area contributed by atoms with E-state index in [1.54, 1.807) is 7.11 Å². The van der Waals surface area contributed by atoms with Gasteiger partial charge in [0, 0.05) is 31.0 Å². The van der Waals surface area contributed by atoms with Crippen molar-refractivity contribution < 1.29 is 14.3 Å². The van der Waals surface area contributed by atoms with E-state index in [2.05, 4.69) is 27.7 Å². The quantitative estimate of drug-likeness (QED) is 0.367. The highest BCUT2D eigenvalue weighted by Crippen LogP contribution is 2.32. The van der Waals surface area contributed by atoms with E-state index in [9.17, 15) is 4.79 Å². The van der Waals surface area contributed by atoms with Crippen LogP contribution in [0.1, 0.15) is 30.4 Å². The molecule has 1 heterocycles. The summed E-state index contributed by atoms with van der Waals surface area (Å²) in [5.41, 5.74) is 4.96. The number of nitrogens with zero attached hydrogens (tertiary/aromatic N) is 1. The minimum Gasteiger partial charge on any atom is -0.493 e. The maximum absolute atomic E-state index is 12.2. The maximum Gasteiger partial charge on any atom is 0.262 e. The van der Waals surface area contributed by atoms with Crippen molar-refractivity contribution in [1.82, 2.24) is 0 Å². The first-order valence-electron chi connectivity index (χ1n) is 12.0. The number of nitrogens with one attached hydrogen (secondary N) is 2. The van der Waals surface area contributed by atoms with Crippen molar-refractivity contribution in [3.63, 3.8) is 0 Å². The van der Waals surface area contributed by atoms with Gasteiger partial charge >= 0.3 is 0 Å². The van der Waals surface area contributed by atoms with Crippen LogP contribution in [0, 0.1) is 6.92 Å². The molecule has 35 heavy (non-hydrogen) atoms. The van der Waals surface area contributed by atoms with Crippen LogP contribution in [0.5, 0.6) is 11.5 Å². The van der Waals surface area contributed by atoms with Crippen molar-refractivity contribution in [2.45, 2.75) is 32.7 Å². The summed E-state index contributed by atoms with van der Waals surface area (Å²) in [6.45, 7) is 4.62. The molecule has 0 unspecified atom stereocenters. The predicted molar refractivity (Wildman–Crippen MR) is 143 cm³/mol. The number of aryl methyl sites for hydroxylation is 1. The second-order valence-electron chi connectivity index (χ2n) is 8.76. The molecule has 0 spiro atoms. The largest absolute Gasteiger partial charge is 0.493 e. The monoisotopic (exact) mass is 493 g/mol. The highest BCUT2D eigenvalue weighted by atomic mass is 35.5. The number of ether oxygens (including phenoxy) is 2. The minimum absolute atomic E-state index is 0.107. The topological polar surface area (TPSA) is 62.8 Å². The smallest absolute Gasteiger partial charge is 0.262 e. The van der Waals surface area contributed by atoms with Gasteiger partial charge in [0.05, 0.1) is 17.8 Å². The summed E-state index contributed by atoms with van der Waals surface area (Å²) in [5, 5.41) is 7.01. The van der Waals surface area contributed by atoms with Gasteiger partial charge in [-0.2, -0.15) is 0 Å². The molecule has 7 heteroatoms. The Kier molecular flexibility index (Phi) is 8.37. The molecule has 3 aromatic rings. The van der Waals surface area contributed by atoms with Gasteiger partial charge in [0.1, 0.15) is 0 Å². The van der Waals surface area contributed by atoms with E-state index in [4.69, 9.17) is 21.1 Å². The van der Waals surface area contributed by atoms with E-state index >= 15 is 0 Å². The molecular weight excluding hydrogens is 462 g/mol. The van der Waals surface area contributed by atoms with E-state index in [0.29, 0.717) is 18.0 Å². The van der Waals surface area contributed by atoms with Crippen molar-refractivity contribution in [3.8, 4) is 11.5 Å². The lowest BCUT2D eigenvalue weighted by Gasteiger charge is -2.29. The molecule has 1 fully saturated rings. The molecule has 0 bridgehead atoms. The number of benzene rings is 3. The standard InChI is InChI=1S/C28H32ClN3O3/c1-20-6-9-22(10-7-20)31-28(33)19-35-26-13-8-21(16-27(26)34-2)18-30-23-11-12-25(24(29)17-23)32-14-4-3-5-15-32/h6-13,16-17,30H,3-5,14-15,18-19H2,1-2H3,(H,31,33). The lowest BCUT2D eigenvalue weighted by atomic mass is 10.1. The zero-order chi connectivity index (χ0) is 24.6. The molecule has 1 aliphatic heterocycles. The number of anilines is 3. The lowest BCUT2D eigenvalue weighted by Crippen LogP contribution is -2.29. The summed E-state index contributed by atoms with van der Waals surface area (Å²) in [6.07, 6.45) is 3.73. The molecule has 4 rings (SSSR count). The van der Waals surface area contributed by atoms with Gasteiger partial charge in [0.25, 0.3) is 5.91 Å². The third-order valence-electron chi connectivity index (χ3n) is 6.06. The van der Waals surface area contributed by atoms with Crippen LogP contribution in [0.3, 0.4) is 0 Å². The van der Waals surface area contributed by atoms with Crippen LogP contribution in [0.2, 0.25) is 5.02 Å². The fourth-order valence-electron chi connectivity index (χ4n) is 4.13. The Labute approximate surface area is 212 Å². The Bertz CT molecular complexity index is 1140. The van der Waals surface area contributed by atoms with Crippen molar-refractivity contribution in [2.24, 2.45) is 0 Å². The third-order valence-corrected chi connectivity index (χ3v) is 6.37. The molecule has 0 saturated carbocycles. The first kappa shape index (κ1) is 24.7. The van der Waals surface area contributed by atoms with Gasteiger partial charge in [0.15, 0.2) is 18.1 Å². The molecule has 0 atom stereocenters. The summed E-state index contributed by atoms with van der Waals surface area (Å²) in [6, 6.07) is 19.4. The average Bonchev–Trinajstić information content (AvgIpc) is 2.88.